The van der Waals surface area contributed by atoms with Crippen LogP contribution in [0.15, 0.2) is 48.7 Å². The molecule has 1 aliphatic rings. The lowest BCUT2D eigenvalue weighted by atomic mass is 10.1. The van der Waals surface area contributed by atoms with E-state index in [0.29, 0.717) is 17.5 Å². The lowest BCUT2D eigenvalue weighted by Crippen LogP contribution is -2.39. The maximum absolute atomic E-state index is 12.5. The molecule has 3 rings (SSSR count). The quantitative estimate of drug-likeness (QED) is 0.873. The Morgan fingerprint density at radius 3 is 2.77 bits per heavy atom. The molecule has 1 unspecified atom stereocenters. The summed E-state index contributed by atoms with van der Waals surface area (Å²) in [7, 11) is 1.66. The predicted molar refractivity (Wildman–Crippen MR) is 88.3 cm³/mol. The van der Waals surface area contributed by atoms with Crippen LogP contribution < -0.4 is 4.74 Å². The summed E-state index contributed by atoms with van der Waals surface area (Å²) >= 11 is 1.89. The average molecular weight is 314 g/mol. The van der Waals surface area contributed by atoms with E-state index in [1.54, 1.807) is 19.4 Å². The highest BCUT2D eigenvalue weighted by Crippen LogP contribution is 2.34. The van der Waals surface area contributed by atoms with E-state index in [9.17, 15) is 4.79 Å². The van der Waals surface area contributed by atoms with E-state index in [2.05, 4.69) is 17.1 Å². The molecule has 4 nitrogen and oxygen atoms in total. The number of rotatable bonds is 3. The first kappa shape index (κ1) is 14.9. The predicted octanol–water partition coefficient (Wildman–Crippen LogP) is 3.02. The van der Waals surface area contributed by atoms with Gasteiger partial charge >= 0.3 is 0 Å². The topological polar surface area (TPSA) is 42.4 Å². The largest absolute Gasteiger partial charge is 0.497 e. The molecule has 0 spiro atoms. The molecule has 114 valence electrons. The number of thioether (sulfide) groups is 1. The third-order valence-corrected chi connectivity index (χ3v) is 4.97. The summed E-state index contributed by atoms with van der Waals surface area (Å²) in [6.07, 6.45) is 1.66. The van der Waals surface area contributed by atoms with Gasteiger partial charge in [-0.25, -0.2) is 0 Å². The summed E-state index contributed by atoms with van der Waals surface area (Å²) in [5.74, 6) is 1.81. The molecule has 1 fully saturated rings. The molecular formula is C17H18N2O2S. The molecular weight excluding hydrogens is 296 g/mol. The first-order valence-electron chi connectivity index (χ1n) is 7.24. The summed E-state index contributed by atoms with van der Waals surface area (Å²) in [6, 6.07) is 13.5. The minimum absolute atomic E-state index is 0.0133. The molecule has 0 aliphatic carbocycles. The number of nitrogens with zero attached hydrogens (tertiary/aromatic N) is 2. The molecule has 0 bridgehead atoms. The number of ether oxygens (including phenoxy) is 1. The second kappa shape index (κ2) is 6.83. The summed E-state index contributed by atoms with van der Waals surface area (Å²) in [4.78, 5) is 18.6. The molecule has 0 N–H and O–H groups in total. The van der Waals surface area contributed by atoms with Crippen molar-refractivity contribution < 1.29 is 9.53 Å². The van der Waals surface area contributed by atoms with Crippen LogP contribution in [-0.2, 0) is 0 Å². The van der Waals surface area contributed by atoms with Gasteiger partial charge in [0.2, 0.25) is 0 Å². The van der Waals surface area contributed by atoms with Gasteiger partial charge in [0, 0.05) is 30.3 Å². The zero-order chi connectivity index (χ0) is 15.4. The number of hydrogen-bond donors (Lipinski definition) is 0. The fraction of sp³-hybridized carbons (Fsp3) is 0.294. The Bertz CT molecular complexity index is 631. The fourth-order valence-electron chi connectivity index (χ4n) is 2.51. The number of aromatic nitrogens is 1. The van der Waals surface area contributed by atoms with Gasteiger partial charge in [0.05, 0.1) is 7.11 Å². The first-order valence-corrected chi connectivity index (χ1v) is 8.28. The van der Waals surface area contributed by atoms with Gasteiger partial charge in [0.1, 0.15) is 11.4 Å². The van der Waals surface area contributed by atoms with E-state index >= 15 is 0 Å². The van der Waals surface area contributed by atoms with Gasteiger partial charge in [-0.3, -0.25) is 9.78 Å². The third kappa shape index (κ3) is 3.25. The Morgan fingerprint density at radius 1 is 1.27 bits per heavy atom. The minimum atomic E-state index is 0.0133. The molecule has 0 radical (unpaired) electrons. The first-order chi connectivity index (χ1) is 10.8. The van der Waals surface area contributed by atoms with E-state index in [1.807, 2.05) is 40.9 Å². The van der Waals surface area contributed by atoms with Crippen LogP contribution in [0.2, 0.25) is 0 Å². The van der Waals surface area contributed by atoms with Gasteiger partial charge in [-0.05, 0) is 29.8 Å². The van der Waals surface area contributed by atoms with Crippen molar-refractivity contribution in [1.82, 2.24) is 9.88 Å². The summed E-state index contributed by atoms with van der Waals surface area (Å²) in [5.41, 5.74) is 1.74. The van der Waals surface area contributed by atoms with Crippen LogP contribution in [0.3, 0.4) is 0 Å². The van der Waals surface area contributed by atoms with Crippen molar-refractivity contribution in [1.29, 1.82) is 0 Å². The molecule has 0 saturated carbocycles. The van der Waals surface area contributed by atoms with Crippen LogP contribution in [-0.4, -0.2) is 41.7 Å². The normalized spacial score (nSPS) is 18.0. The molecule has 5 heteroatoms. The summed E-state index contributed by atoms with van der Waals surface area (Å²) < 4.78 is 5.19. The van der Waals surface area contributed by atoms with E-state index in [-0.39, 0.29) is 5.91 Å². The van der Waals surface area contributed by atoms with Crippen LogP contribution in [0, 0.1) is 0 Å². The Labute approximate surface area is 134 Å². The molecule has 1 atom stereocenters. The van der Waals surface area contributed by atoms with Crippen LogP contribution in [0.1, 0.15) is 21.3 Å². The maximum atomic E-state index is 12.5. The van der Waals surface area contributed by atoms with Crippen molar-refractivity contribution in [3.63, 3.8) is 0 Å². The molecule has 1 saturated heterocycles. The fourth-order valence-corrected chi connectivity index (χ4v) is 3.75. The van der Waals surface area contributed by atoms with Gasteiger partial charge in [0.15, 0.2) is 0 Å². The second-order valence-electron chi connectivity index (χ2n) is 5.10. The number of hydrogen-bond acceptors (Lipinski definition) is 4. The van der Waals surface area contributed by atoms with Crippen molar-refractivity contribution in [2.24, 2.45) is 0 Å². The molecule has 22 heavy (non-hydrogen) atoms. The number of amides is 1. The van der Waals surface area contributed by atoms with Gasteiger partial charge in [0.25, 0.3) is 5.91 Å². The van der Waals surface area contributed by atoms with Crippen LogP contribution in [0.4, 0.5) is 0 Å². The zero-order valence-electron chi connectivity index (χ0n) is 12.4. The third-order valence-electron chi connectivity index (χ3n) is 3.73. The lowest BCUT2D eigenvalue weighted by Gasteiger charge is -2.32. The molecule has 2 aromatic rings. The number of carbonyl (C=O) groups excluding carboxylic acids is 1. The molecule has 2 heterocycles. The van der Waals surface area contributed by atoms with Gasteiger partial charge in [-0.2, -0.15) is 11.8 Å². The maximum Gasteiger partial charge on any atom is 0.272 e. The van der Waals surface area contributed by atoms with Crippen LogP contribution in [0.25, 0.3) is 0 Å². The van der Waals surface area contributed by atoms with Crippen molar-refractivity contribution in [2.75, 3.05) is 26.0 Å². The number of carbonyl (C=O) groups is 1. The lowest BCUT2D eigenvalue weighted by molar-refractivity contribution is 0.0755. The average Bonchev–Trinajstić information content (AvgIpc) is 2.62. The van der Waals surface area contributed by atoms with Gasteiger partial charge in [-0.15, -0.1) is 0 Å². The highest BCUT2D eigenvalue weighted by Gasteiger charge is 2.26. The highest BCUT2D eigenvalue weighted by atomic mass is 32.2. The Balaban J connectivity index is 1.72. The van der Waals surface area contributed by atoms with E-state index in [0.717, 1.165) is 18.0 Å². The molecule has 1 aromatic heterocycles. The van der Waals surface area contributed by atoms with E-state index in [4.69, 9.17) is 4.74 Å². The number of methoxy groups -OCH3 is 1. The SMILES string of the molecule is COc1ccc(C2CN(C(=O)c3ccccn3)CCS2)cc1. The van der Waals surface area contributed by atoms with Crippen molar-refractivity contribution in [3.8, 4) is 5.75 Å². The minimum Gasteiger partial charge on any atom is -0.497 e. The van der Waals surface area contributed by atoms with E-state index in [1.165, 1.54) is 5.56 Å². The van der Waals surface area contributed by atoms with Gasteiger partial charge < -0.3 is 9.64 Å². The number of benzene rings is 1. The summed E-state index contributed by atoms with van der Waals surface area (Å²) in [5, 5.41) is 0.298. The monoisotopic (exact) mass is 314 g/mol. The molecule has 1 aromatic carbocycles. The molecule has 1 amide bonds. The van der Waals surface area contributed by atoms with E-state index < -0.39 is 0 Å². The van der Waals surface area contributed by atoms with Crippen LogP contribution >= 0.6 is 11.8 Å². The molecule has 1 aliphatic heterocycles. The second-order valence-corrected chi connectivity index (χ2v) is 6.41. The standard InChI is InChI=1S/C17H18N2O2S/c1-21-14-7-5-13(6-8-14)16-12-19(10-11-22-16)17(20)15-4-2-3-9-18-15/h2-9,16H,10-12H2,1H3. The Hall–Kier alpha value is -2.01. The Kier molecular flexibility index (Phi) is 4.63. The zero-order valence-corrected chi connectivity index (χ0v) is 13.3. The Morgan fingerprint density at radius 2 is 2.09 bits per heavy atom. The van der Waals surface area contributed by atoms with Crippen LogP contribution in [0.5, 0.6) is 5.75 Å². The van der Waals surface area contributed by atoms with Crippen molar-refractivity contribution >= 4 is 17.7 Å². The smallest absolute Gasteiger partial charge is 0.272 e. The highest BCUT2D eigenvalue weighted by molar-refractivity contribution is 7.99. The van der Waals surface area contributed by atoms with Crippen molar-refractivity contribution in [2.45, 2.75) is 5.25 Å². The summed E-state index contributed by atoms with van der Waals surface area (Å²) in [6.45, 7) is 1.49. The van der Waals surface area contributed by atoms with Gasteiger partial charge in [-0.1, -0.05) is 18.2 Å². The number of pyridine rings is 1. The van der Waals surface area contributed by atoms with Crippen molar-refractivity contribution in [3.05, 3.63) is 59.9 Å².